The molecule has 3 rings (SSSR count). The van der Waals surface area contributed by atoms with E-state index < -0.39 is 0 Å². The lowest BCUT2D eigenvalue weighted by molar-refractivity contribution is 0.231. The number of aromatic nitrogens is 2. The summed E-state index contributed by atoms with van der Waals surface area (Å²) >= 11 is 0. The van der Waals surface area contributed by atoms with Crippen LogP contribution in [0.2, 0.25) is 0 Å². The van der Waals surface area contributed by atoms with Crippen LogP contribution in [0.25, 0.3) is 11.3 Å². The SMILES string of the molecule is Cc1cc(-c2cc(CN3CCNCC3)c(=O)n(CC(C)C)n2)ccc1F. The third-order valence-corrected chi connectivity index (χ3v) is 4.64. The molecule has 1 aromatic heterocycles. The van der Waals surface area contributed by atoms with E-state index in [1.54, 1.807) is 23.7 Å². The predicted molar refractivity (Wildman–Crippen MR) is 102 cm³/mol. The predicted octanol–water partition coefficient (Wildman–Crippen LogP) is 2.42. The van der Waals surface area contributed by atoms with Gasteiger partial charge in [0.15, 0.2) is 0 Å². The van der Waals surface area contributed by atoms with Crippen LogP contribution >= 0.6 is 0 Å². The van der Waals surface area contributed by atoms with Gasteiger partial charge in [0, 0.05) is 50.4 Å². The number of nitrogens with one attached hydrogen (secondary N) is 1. The molecule has 0 spiro atoms. The van der Waals surface area contributed by atoms with E-state index in [0.29, 0.717) is 24.6 Å². The van der Waals surface area contributed by atoms with Gasteiger partial charge >= 0.3 is 0 Å². The fourth-order valence-corrected chi connectivity index (χ4v) is 3.24. The topological polar surface area (TPSA) is 50.2 Å². The Kier molecular flexibility index (Phi) is 5.84. The van der Waals surface area contributed by atoms with Gasteiger partial charge in [-0.25, -0.2) is 9.07 Å². The standard InChI is InChI=1S/C20H27FN4O/c1-14(2)12-25-20(26)17(13-24-8-6-22-7-9-24)11-19(23-25)16-4-5-18(21)15(3)10-16/h4-5,10-11,14,22H,6-9,12-13H2,1-3H3. The minimum Gasteiger partial charge on any atom is -0.314 e. The normalized spacial score (nSPS) is 15.6. The van der Waals surface area contributed by atoms with Gasteiger partial charge in [0.1, 0.15) is 5.82 Å². The molecule has 6 heteroatoms. The molecule has 1 aliphatic rings. The fraction of sp³-hybridized carbons (Fsp3) is 0.500. The summed E-state index contributed by atoms with van der Waals surface area (Å²) in [7, 11) is 0. The molecule has 0 bridgehead atoms. The highest BCUT2D eigenvalue weighted by molar-refractivity contribution is 5.60. The van der Waals surface area contributed by atoms with E-state index in [-0.39, 0.29) is 11.4 Å². The van der Waals surface area contributed by atoms with Crippen molar-refractivity contribution < 1.29 is 4.39 Å². The number of piperazine rings is 1. The Labute approximate surface area is 153 Å². The highest BCUT2D eigenvalue weighted by atomic mass is 19.1. The second kappa shape index (κ2) is 8.10. The third-order valence-electron chi connectivity index (χ3n) is 4.64. The van der Waals surface area contributed by atoms with Gasteiger partial charge in [-0.05, 0) is 42.7 Å². The maximum absolute atomic E-state index is 13.6. The monoisotopic (exact) mass is 358 g/mol. The average Bonchev–Trinajstić information content (AvgIpc) is 2.61. The molecule has 0 aliphatic carbocycles. The van der Waals surface area contributed by atoms with Crippen molar-refractivity contribution in [3.05, 3.63) is 51.6 Å². The highest BCUT2D eigenvalue weighted by Gasteiger charge is 2.16. The summed E-state index contributed by atoms with van der Waals surface area (Å²) in [6, 6.07) is 6.84. The maximum Gasteiger partial charge on any atom is 0.271 e. The van der Waals surface area contributed by atoms with Gasteiger partial charge in [-0.1, -0.05) is 13.8 Å². The second-order valence-electron chi connectivity index (χ2n) is 7.43. The first-order valence-corrected chi connectivity index (χ1v) is 9.24. The molecule has 5 nitrogen and oxygen atoms in total. The Hall–Kier alpha value is -2.05. The Bertz CT molecular complexity index is 825. The van der Waals surface area contributed by atoms with Crippen molar-refractivity contribution in [3.63, 3.8) is 0 Å². The Morgan fingerprint density at radius 1 is 1.23 bits per heavy atom. The van der Waals surface area contributed by atoms with Crippen molar-refractivity contribution in [1.29, 1.82) is 0 Å². The zero-order valence-electron chi connectivity index (χ0n) is 15.8. The molecule has 0 amide bonds. The van der Waals surface area contributed by atoms with Gasteiger partial charge in [-0.3, -0.25) is 9.69 Å². The quantitative estimate of drug-likeness (QED) is 0.892. The van der Waals surface area contributed by atoms with Crippen LogP contribution in [-0.4, -0.2) is 40.9 Å². The summed E-state index contributed by atoms with van der Waals surface area (Å²) in [5.41, 5.74) is 2.86. The molecular weight excluding hydrogens is 331 g/mol. The summed E-state index contributed by atoms with van der Waals surface area (Å²) in [4.78, 5) is 15.2. The lowest BCUT2D eigenvalue weighted by Gasteiger charge is -2.27. The summed E-state index contributed by atoms with van der Waals surface area (Å²) in [6.07, 6.45) is 0. The second-order valence-corrected chi connectivity index (χ2v) is 7.43. The van der Waals surface area contributed by atoms with Crippen LogP contribution in [-0.2, 0) is 13.1 Å². The lowest BCUT2D eigenvalue weighted by atomic mass is 10.1. The van der Waals surface area contributed by atoms with E-state index in [0.717, 1.165) is 43.0 Å². The molecule has 2 aromatic rings. The van der Waals surface area contributed by atoms with Crippen LogP contribution < -0.4 is 10.9 Å². The van der Waals surface area contributed by atoms with Crippen LogP contribution in [0.1, 0.15) is 25.0 Å². The van der Waals surface area contributed by atoms with Gasteiger partial charge in [0.25, 0.3) is 5.56 Å². The van der Waals surface area contributed by atoms with Crippen molar-refractivity contribution in [3.8, 4) is 11.3 Å². The van der Waals surface area contributed by atoms with Crippen LogP contribution in [0.4, 0.5) is 4.39 Å². The van der Waals surface area contributed by atoms with E-state index in [4.69, 9.17) is 0 Å². The minimum atomic E-state index is -0.231. The van der Waals surface area contributed by atoms with Crippen molar-refractivity contribution >= 4 is 0 Å². The molecule has 0 radical (unpaired) electrons. The zero-order valence-corrected chi connectivity index (χ0v) is 15.8. The van der Waals surface area contributed by atoms with E-state index in [9.17, 15) is 9.18 Å². The molecule has 140 valence electrons. The van der Waals surface area contributed by atoms with Crippen LogP contribution in [0.15, 0.2) is 29.1 Å². The van der Waals surface area contributed by atoms with E-state index in [1.807, 2.05) is 6.07 Å². The Morgan fingerprint density at radius 3 is 2.62 bits per heavy atom. The molecule has 1 fully saturated rings. The molecule has 0 atom stereocenters. The number of rotatable bonds is 5. The van der Waals surface area contributed by atoms with E-state index >= 15 is 0 Å². The number of benzene rings is 1. The molecule has 0 saturated carbocycles. The van der Waals surface area contributed by atoms with Crippen LogP contribution in [0.5, 0.6) is 0 Å². The molecule has 2 heterocycles. The Morgan fingerprint density at radius 2 is 1.96 bits per heavy atom. The average molecular weight is 358 g/mol. The van der Waals surface area contributed by atoms with Gasteiger partial charge in [-0.15, -0.1) is 0 Å². The summed E-state index contributed by atoms with van der Waals surface area (Å²) in [5.74, 6) is 0.0859. The Balaban J connectivity index is 2.01. The van der Waals surface area contributed by atoms with Crippen molar-refractivity contribution in [2.24, 2.45) is 5.92 Å². The number of hydrogen-bond acceptors (Lipinski definition) is 4. The highest BCUT2D eigenvalue weighted by Crippen LogP contribution is 2.20. The number of hydrogen-bond donors (Lipinski definition) is 1. The van der Waals surface area contributed by atoms with Crippen molar-refractivity contribution in [2.75, 3.05) is 26.2 Å². The van der Waals surface area contributed by atoms with Crippen LogP contribution in [0.3, 0.4) is 0 Å². The summed E-state index contributed by atoms with van der Waals surface area (Å²) in [6.45, 7) is 10.8. The van der Waals surface area contributed by atoms with Gasteiger partial charge in [-0.2, -0.15) is 5.10 Å². The van der Waals surface area contributed by atoms with E-state index in [2.05, 4.69) is 29.2 Å². The van der Waals surface area contributed by atoms with Gasteiger partial charge < -0.3 is 5.32 Å². The smallest absolute Gasteiger partial charge is 0.271 e. The van der Waals surface area contributed by atoms with Crippen molar-refractivity contribution in [2.45, 2.75) is 33.9 Å². The molecule has 26 heavy (non-hydrogen) atoms. The van der Waals surface area contributed by atoms with Crippen molar-refractivity contribution in [1.82, 2.24) is 20.0 Å². The third kappa shape index (κ3) is 4.37. The summed E-state index contributed by atoms with van der Waals surface area (Å²) < 4.78 is 15.2. The molecular formula is C20H27FN4O. The number of aryl methyl sites for hydroxylation is 1. The van der Waals surface area contributed by atoms with Gasteiger partial charge in [0.05, 0.1) is 5.69 Å². The maximum atomic E-state index is 13.6. The lowest BCUT2D eigenvalue weighted by Crippen LogP contribution is -2.44. The largest absolute Gasteiger partial charge is 0.314 e. The molecule has 1 N–H and O–H groups in total. The first-order valence-electron chi connectivity index (χ1n) is 9.24. The first kappa shape index (κ1) is 18.7. The first-order chi connectivity index (χ1) is 12.4. The molecule has 1 aliphatic heterocycles. The molecule has 1 saturated heterocycles. The molecule has 1 aromatic carbocycles. The minimum absolute atomic E-state index is 0.0279. The fourth-order valence-electron chi connectivity index (χ4n) is 3.24. The molecule has 0 unspecified atom stereocenters. The van der Waals surface area contributed by atoms with E-state index in [1.165, 1.54) is 6.07 Å². The zero-order chi connectivity index (χ0) is 18.7. The number of halogens is 1. The van der Waals surface area contributed by atoms with Gasteiger partial charge in [0.2, 0.25) is 0 Å². The van der Waals surface area contributed by atoms with Crippen LogP contribution in [0, 0.1) is 18.7 Å². The summed E-state index contributed by atoms with van der Waals surface area (Å²) in [5, 5.41) is 7.89. The number of nitrogens with zero attached hydrogens (tertiary/aromatic N) is 3.